The molecule has 1 aromatic carbocycles. The summed E-state index contributed by atoms with van der Waals surface area (Å²) in [7, 11) is 0. The first kappa shape index (κ1) is 6.42. The van der Waals surface area contributed by atoms with Crippen molar-refractivity contribution in [1.29, 1.82) is 0 Å². The SMILES string of the molecule is C#[C][Cu][c]1ccccc1. The second-order valence-electron chi connectivity index (χ2n) is 1.41. The van der Waals surface area contributed by atoms with Crippen LogP contribution in [-0.4, -0.2) is 0 Å². The summed E-state index contributed by atoms with van der Waals surface area (Å²) in [4.78, 5) is 2.49. The molecule has 0 radical (unpaired) electrons. The van der Waals surface area contributed by atoms with Crippen molar-refractivity contribution in [3.63, 3.8) is 0 Å². The average molecular weight is 166 g/mol. The number of rotatable bonds is 1. The Hall–Kier alpha value is -0.701. The molecule has 0 amide bonds. The van der Waals surface area contributed by atoms with Crippen LogP contribution in [0.2, 0.25) is 0 Å². The van der Waals surface area contributed by atoms with Crippen molar-refractivity contribution in [2.75, 3.05) is 0 Å². The Labute approximate surface area is 61.4 Å². The van der Waals surface area contributed by atoms with Crippen LogP contribution >= 0.6 is 0 Å². The Kier molecular flexibility index (Phi) is 2.39. The summed E-state index contributed by atoms with van der Waals surface area (Å²) in [5.74, 6) is 0. The third kappa shape index (κ3) is 1.93. The molecule has 0 saturated carbocycles. The molecule has 1 heteroatoms. The van der Waals surface area contributed by atoms with E-state index in [1.807, 2.05) is 30.3 Å². The first-order chi connectivity index (χ1) is 4.43. The van der Waals surface area contributed by atoms with Crippen LogP contribution < -0.4 is 4.46 Å². The summed E-state index contributed by atoms with van der Waals surface area (Å²) in [5.41, 5.74) is 0. The predicted octanol–water partition coefficient (Wildman–Crippen LogP) is 0.985. The van der Waals surface area contributed by atoms with Gasteiger partial charge in [-0.25, -0.2) is 0 Å². The zero-order valence-corrected chi connectivity index (χ0v) is 5.71. The molecule has 0 bridgehead atoms. The maximum absolute atomic E-state index is 5.07. The Bertz CT molecular complexity index is 208. The molecule has 0 fully saturated rings. The summed E-state index contributed by atoms with van der Waals surface area (Å²) >= 11 is 1.49. The monoisotopic (exact) mass is 165 g/mol. The summed E-state index contributed by atoms with van der Waals surface area (Å²) in [6.07, 6.45) is 5.07. The van der Waals surface area contributed by atoms with Gasteiger partial charge in [-0.1, -0.05) is 0 Å². The fourth-order valence-electron chi connectivity index (χ4n) is 0.500. The van der Waals surface area contributed by atoms with E-state index in [9.17, 15) is 0 Å². The van der Waals surface area contributed by atoms with Gasteiger partial charge in [0.25, 0.3) is 0 Å². The molecule has 1 aromatic rings. The van der Waals surface area contributed by atoms with E-state index in [4.69, 9.17) is 6.42 Å². The molecule has 1 rings (SSSR count). The fraction of sp³-hybridized carbons (Fsp3) is 0. The van der Waals surface area contributed by atoms with Crippen molar-refractivity contribution in [2.24, 2.45) is 0 Å². The fourth-order valence-corrected chi connectivity index (χ4v) is 0.996. The van der Waals surface area contributed by atoms with E-state index in [1.54, 1.807) is 0 Å². The second-order valence-corrected chi connectivity index (χ2v) is 2.46. The van der Waals surface area contributed by atoms with Crippen molar-refractivity contribution in [3.05, 3.63) is 30.3 Å². The number of hydrogen-bond acceptors (Lipinski definition) is 0. The van der Waals surface area contributed by atoms with Crippen molar-refractivity contribution in [2.45, 2.75) is 0 Å². The normalized spacial score (nSPS) is 8.78. The number of hydrogen-bond donors (Lipinski definition) is 0. The summed E-state index contributed by atoms with van der Waals surface area (Å²) < 4.78 is 1.11. The Morgan fingerprint density at radius 3 is 2.44 bits per heavy atom. The van der Waals surface area contributed by atoms with Crippen LogP contribution in [0.25, 0.3) is 0 Å². The Morgan fingerprint density at radius 1 is 1.22 bits per heavy atom. The molecule has 0 aromatic heterocycles. The van der Waals surface area contributed by atoms with Crippen LogP contribution in [0.5, 0.6) is 0 Å². The molecule has 0 saturated heterocycles. The molecular weight excluding hydrogens is 160 g/mol. The van der Waals surface area contributed by atoms with Crippen LogP contribution in [0.4, 0.5) is 0 Å². The van der Waals surface area contributed by atoms with E-state index in [0.717, 1.165) is 4.46 Å². The van der Waals surface area contributed by atoms with Crippen molar-refractivity contribution < 1.29 is 15.0 Å². The molecule has 0 aliphatic carbocycles. The van der Waals surface area contributed by atoms with Gasteiger partial charge < -0.3 is 0 Å². The van der Waals surface area contributed by atoms with Crippen LogP contribution in [0.1, 0.15) is 0 Å². The molecule has 0 aliphatic heterocycles. The Balaban J connectivity index is 2.76. The zero-order valence-electron chi connectivity index (χ0n) is 4.77. The second kappa shape index (κ2) is 3.35. The van der Waals surface area contributed by atoms with Crippen LogP contribution in [0.15, 0.2) is 30.3 Å². The standard InChI is InChI=1S/C6H5.C2H.Cu/c1-2-4-6-5-3-1;1-2;/h1-5H;1H;. The molecule has 0 aliphatic rings. The molecule has 0 unspecified atom stereocenters. The van der Waals surface area contributed by atoms with Gasteiger partial charge in [0, 0.05) is 0 Å². The molecule has 0 spiro atoms. The van der Waals surface area contributed by atoms with Gasteiger partial charge in [-0.2, -0.15) is 0 Å². The molecule has 0 N–H and O–H groups in total. The number of benzene rings is 1. The molecule has 0 heterocycles. The van der Waals surface area contributed by atoms with E-state index in [1.165, 1.54) is 15.0 Å². The average Bonchev–Trinajstić information content (AvgIpc) is 1.91. The van der Waals surface area contributed by atoms with Crippen molar-refractivity contribution in [3.8, 4) is 11.2 Å². The van der Waals surface area contributed by atoms with E-state index < -0.39 is 0 Å². The quantitative estimate of drug-likeness (QED) is 0.430. The predicted molar refractivity (Wildman–Crippen MR) is 34.9 cm³/mol. The van der Waals surface area contributed by atoms with Crippen LogP contribution in [0.3, 0.4) is 0 Å². The first-order valence-electron chi connectivity index (χ1n) is 2.50. The zero-order chi connectivity index (χ0) is 6.53. The summed E-state index contributed by atoms with van der Waals surface area (Å²) in [5, 5.41) is 0. The number of terminal acetylenes is 1. The minimum absolute atomic E-state index is 1.11. The first-order valence-corrected chi connectivity index (χ1v) is 3.44. The van der Waals surface area contributed by atoms with Crippen molar-refractivity contribution >= 4 is 4.46 Å². The Morgan fingerprint density at radius 2 is 1.89 bits per heavy atom. The van der Waals surface area contributed by atoms with Gasteiger partial charge in [-0.15, -0.1) is 0 Å². The summed E-state index contributed by atoms with van der Waals surface area (Å²) in [6.45, 7) is 0. The molecule has 0 nitrogen and oxygen atoms in total. The van der Waals surface area contributed by atoms with Gasteiger partial charge in [0.05, 0.1) is 0 Å². The van der Waals surface area contributed by atoms with E-state index in [0.29, 0.717) is 0 Å². The summed E-state index contributed by atoms with van der Waals surface area (Å²) in [6, 6.07) is 9.88. The van der Waals surface area contributed by atoms with Crippen LogP contribution in [0, 0.1) is 11.2 Å². The maximum atomic E-state index is 5.07. The van der Waals surface area contributed by atoms with E-state index >= 15 is 0 Å². The van der Waals surface area contributed by atoms with Crippen LogP contribution in [-0.2, 0) is 15.0 Å². The van der Waals surface area contributed by atoms with Crippen molar-refractivity contribution in [1.82, 2.24) is 0 Å². The third-order valence-electron chi connectivity index (χ3n) is 0.838. The topological polar surface area (TPSA) is 0 Å². The van der Waals surface area contributed by atoms with Gasteiger partial charge in [0.2, 0.25) is 0 Å². The molecular formula is C8H6Cu. The molecule has 49 valence electrons. The van der Waals surface area contributed by atoms with E-state index in [2.05, 4.69) is 4.82 Å². The van der Waals surface area contributed by atoms with Gasteiger partial charge in [0.15, 0.2) is 0 Å². The minimum atomic E-state index is 1.11. The molecule has 0 atom stereocenters. The van der Waals surface area contributed by atoms with Gasteiger partial charge in [-0.05, 0) is 0 Å². The van der Waals surface area contributed by atoms with Gasteiger partial charge in [-0.3, -0.25) is 0 Å². The van der Waals surface area contributed by atoms with E-state index in [-0.39, 0.29) is 0 Å². The third-order valence-corrected chi connectivity index (χ3v) is 1.56. The van der Waals surface area contributed by atoms with Gasteiger partial charge in [0.1, 0.15) is 0 Å². The van der Waals surface area contributed by atoms with Gasteiger partial charge >= 0.3 is 61.0 Å². The molecule has 9 heavy (non-hydrogen) atoms.